The number of fused-ring (bicyclic) bond motifs is 1. The number of aliphatic hydroxyl groups excluding tert-OH is 1. The summed E-state index contributed by atoms with van der Waals surface area (Å²) in [6, 6.07) is 3.04. The average Bonchev–Trinajstić information content (AvgIpc) is 2.90. The van der Waals surface area contributed by atoms with Gasteiger partial charge in [0.25, 0.3) is 0 Å². The average molecular weight is 363 g/mol. The number of nitrogen functional groups attached to an aromatic ring is 1. The summed E-state index contributed by atoms with van der Waals surface area (Å²) < 4.78 is 7.34. The number of anilines is 1. The molecular formula is C16H21N5O5. The molecule has 0 saturated carbocycles. The number of aliphatic hydroxyl groups is 1. The van der Waals surface area contributed by atoms with E-state index in [4.69, 9.17) is 26.4 Å². The van der Waals surface area contributed by atoms with Crippen molar-refractivity contribution in [3.63, 3.8) is 0 Å². The van der Waals surface area contributed by atoms with Crippen molar-refractivity contribution in [3.05, 3.63) is 29.8 Å². The highest BCUT2D eigenvalue weighted by atomic mass is 16.5. The van der Waals surface area contributed by atoms with Crippen molar-refractivity contribution in [1.29, 1.82) is 0 Å². The van der Waals surface area contributed by atoms with Crippen LogP contribution in [0.1, 0.15) is 16.8 Å². The molecule has 0 bridgehead atoms. The molecule has 1 heterocycles. The molecule has 140 valence electrons. The smallest absolute Gasteiger partial charge is 0.404 e. The first-order valence-electron chi connectivity index (χ1n) is 7.89. The van der Waals surface area contributed by atoms with Crippen LogP contribution >= 0.6 is 0 Å². The number of primary amides is 1. The Hall–Kier alpha value is -3.27. The first-order chi connectivity index (χ1) is 12.4. The van der Waals surface area contributed by atoms with E-state index in [1.807, 2.05) is 0 Å². The molecule has 0 aliphatic carbocycles. The molecule has 0 fully saturated rings. The lowest BCUT2D eigenvalue weighted by Crippen LogP contribution is -2.20. The van der Waals surface area contributed by atoms with Gasteiger partial charge in [0.2, 0.25) is 11.9 Å². The number of amides is 2. The molecule has 0 atom stereocenters. The molecule has 10 nitrogen and oxygen atoms in total. The molecule has 1 aromatic heterocycles. The van der Waals surface area contributed by atoms with Gasteiger partial charge in [0, 0.05) is 31.7 Å². The number of hydrogen-bond acceptors (Lipinski definition) is 6. The van der Waals surface area contributed by atoms with Crippen LogP contribution in [0.15, 0.2) is 24.3 Å². The largest absolute Gasteiger partial charge is 0.491 e. The van der Waals surface area contributed by atoms with E-state index in [1.54, 1.807) is 16.7 Å². The van der Waals surface area contributed by atoms with Crippen molar-refractivity contribution in [1.82, 2.24) is 14.9 Å². The summed E-state index contributed by atoms with van der Waals surface area (Å²) in [5, 5.41) is 19.7. The zero-order valence-corrected chi connectivity index (χ0v) is 14.0. The van der Waals surface area contributed by atoms with Gasteiger partial charge in [-0.05, 0) is 12.1 Å². The van der Waals surface area contributed by atoms with Crippen LogP contribution < -0.4 is 21.5 Å². The predicted molar refractivity (Wildman–Crippen MR) is 95.0 cm³/mol. The molecule has 0 unspecified atom stereocenters. The van der Waals surface area contributed by atoms with E-state index in [0.29, 0.717) is 29.7 Å². The van der Waals surface area contributed by atoms with Crippen molar-refractivity contribution >= 4 is 29.0 Å². The maximum atomic E-state index is 11.5. The SMILES string of the molecule is NC(=O)c1cc(OCCCO)c2c(c1)nc(N)n2CC=CCNC(=O)O. The molecular weight excluding hydrogens is 342 g/mol. The number of nitrogens with one attached hydrogen (secondary N) is 1. The maximum absolute atomic E-state index is 11.5. The number of nitrogens with two attached hydrogens (primary N) is 2. The van der Waals surface area contributed by atoms with Crippen molar-refractivity contribution < 1.29 is 24.5 Å². The fourth-order valence-electron chi connectivity index (χ4n) is 2.34. The second-order valence-corrected chi connectivity index (χ2v) is 5.37. The van der Waals surface area contributed by atoms with Gasteiger partial charge in [0.05, 0.1) is 12.1 Å². The number of ether oxygens (including phenoxy) is 1. The van der Waals surface area contributed by atoms with Gasteiger partial charge in [-0.3, -0.25) is 4.79 Å². The number of allylic oxidation sites excluding steroid dienone is 1. The Morgan fingerprint density at radius 2 is 2.12 bits per heavy atom. The van der Waals surface area contributed by atoms with Gasteiger partial charge in [-0.25, -0.2) is 9.78 Å². The maximum Gasteiger partial charge on any atom is 0.404 e. The lowest BCUT2D eigenvalue weighted by atomic mass is 10.1. The number of carbonyl (C=O) groups excluding carboxylic acids is 1. The van der Waals surface area contributed by atoms with Crippen molar-refractivity contribution in [2.24, 2.45) is 5.73 Å². The van der Waals surface area contributed by atoms with E-state index in [2.05, 4.69) is 10.3 Å². The van der Waals surface area contributed by atoms with Crippen LogP contribution in [0.25, 0.3) is 11.0 Å². The lowest BCUT2D eigenvalue weighted by molar-refractivity contribution is 0.0999. The van der Waals surface area contributed by atoms with Crippen LogP contribution in [0.5, 0.6) is 5.75 Å². The number of carbonyl (C=O) groups is 2. The number of nitrogens with zero attached hydrogens (tertiary/aromatic N) is 2. The Labute approximate surface area is 149 Å². The van der Waals surface area contributed by atoms with Gasteiger partial charge in [-0.1, -0.05) is 12.2 Å². The Bertz CT molecular complexity index is 830. The Kier molecular flexibility index (Phi) is 6.39. The highest BCUT2D eigenvalue weighted by molar-refractivity contribution is 5.98. The van der Waals surface area contributed by atoms with Gasteiger partial charge in [0.15, 0.2) is 0 Å². The number of hydrogen-bond donors (Lipinski definition) is 5. The molecule has 10 heteroatoms. The van der Waals surface area contributed by atoms with Crippen LogP contribution in [-0.2, 0) is 6.54 Å². The van der Waals surface area contributed by atoms with E-state index >= 15 is 0 Å². The summed E-state index contributed by atoms with van der Waals surface area (Å²) in [7, 11) is 0. The highest BCUT2D eigenvalue weighted by Crippen LogP contribution is 2.30. The van der Waals surface area contributed by atoms with E-state index < -0.39 is 12.0 Å². The third kappa shape index (κ3) is 4.63. The summed E-state index contributed by atoms with van der Waals surface area (Å²) in [5.74, 6) is -0.0258. The molecule has 0 aliphatic rings. The van der Waals surface area contributed by atoms with Gasteiger partial charge in [0.1, 0.15) is 11.3 Å². The van der Waals surface area contributed by atoms with Crippen LogP contribution in [0, 0.1) is 0 Å². The summed E-state index contributed by atoms with van der Waals surface area (Å²) in [6.07, 6.45) is 2.68. The van der Waals surface area contributed by atoms with Crippen molar-refractivity contribution in [3.8, 4) is 5.75 Å². The summed E-state index contributed by atoms with van der Waals surface area (Å²) in [6.45, 7) is 0.708. The fourth-order valence-corrected chi connectivity index (χ4v) is 2.34. The lowest BCUT2D eigenvalue weighted by Gasteiger charge is -2.11. The van der Waals surface area contributed by atoms with Gasteiger partial charge < -0.3 is 36.3 Å². The van der Waals surface area contributed by atoms with E-state index in [0.717, 1.165) is 0 Å². The number of rotatable bonds is 9. The van der Waals surface area contributed by atoms with E-state index in [9.17, 15) is 9.59 Å². The molecule has 0 aliphatic heterocycles. The summed E-state index contributed by atoms with van der Waals surface area (Å²) in [4.78, 5) is 26.2. The van der Waals surface area contributed by atoms with Crippen LogP contribution in [0.3, 0.4) is 0 Å². The quantitative estimate of drug-likeness (QED) is 0.315. The van der Waals surface area contributed by atoms with Crippen LogP contribution in [0.2, 0.25) is 0 Å². The first-order valence-corrected chi connectivity index (χ1v) is 7.89. The molecule has 7 N–H and O–H groups in total. The van der Waals surface area contributed by atoms with Crippen molar-refractivity contribution in [2.45, 2.75) is 13.0 Å². The number of benzene rings is 1. The fraction of sp³-hybridized carbons (Fsp3) is 0.312. The first kappa shape index (κ1) is 19.1. The van der Waals surface area contributed by atoms with Crippen LogP contribution in [0.4, 0.5) is 10.7 Å². The Morgan fingerprint density at radius 1 is 1.35 bits per heavy atom. The van der Waals surface area contributed by atoms with Gasteiger partial charge >= 0.3 is 6.09 Å². The van der Waals surface area contributed by atoms with Crippen molar-refractivity contribution in [2.75, 3.05) is 25.5 Å². The molecule has 0 saturated heterocycles. The number of aromatic nitrogens is 2. The monoisotopic (exact) mass is 363 g/mol. The van der Waals surface area contributed by atoms with Gasteiger partial charge in [-0.15, -0.1) is 0 Å². The number of imidazole rings is 1. The van der Waals surface area contributed by atoms with E-state index in [-0.39, 0.29) is 31.3 Å². The summed E-state index contributed by atoms with van der Waals surface area (Å²) >= 11 is 0. The zero-order valence-electron chi connectivity index (χ0n) is 14.0. The third-order valence-corrected chi connectivity index (χ3v) is 3.51. The molecule has 26 heavy (non-hydrogen) atoms. The summed E-state index contributed by atoms with van der Waals surface area (Å²) in [5.41, 5.74) is 12.6. The minimum Gasteiger partial charge on any atom is -0.491 e. The molecule has 2 amide bonds. The standard InChI is InChI=1S/C16H21N5O5/c17-14(23)10-8-11-13(12(9-10)26-7-3-6-22)21(15(18)20-11)5-2-1-4-19-16(24)25/h1-2,8-9,19,22H,3-7H2,(H2,17,23)(H2,18,20)(H,24,25). The second-order valence-electron chi connectivity index (χ2n) is 5.37. The second kappa shape index (κ2) is 8.72. The van der Waals surface area contributed by atoms with Crippen LogP contribution in [-0.4, -0.2) is 51.5 Å². The zero-order chi connectivity index (χ0) is 19.1. The molecule has 0 spiro atoms. The third-order valence-electron chi connectivity index (χ3n) is 3.51. The molecule has 2 aromatic rings. The Balaban J connectivity index is 2.35. The van der Waals surface area contributed by atoms with E-state index in [1.165, 1.54) is 12.1 Å². The minimum atomic E-state index is -1.11. The molecule has 2 rings (SSSR count). The topological polar surface area (TPSA) is 166 Å². The molecule has 1 aromatic carbocycles. The minimum absolute atomic E-state index is 0.0284. The highest BCUT2D eigenvalue weighted by Gasteiger charge is 2.16. The Morgan fingerprint density at radius 3 is 2.77 bits per heavy atom. The van der Waals surface area contributed by atoms with Gasteiger partial charge in [-0.2, -0.15) is 0 Å². The predicted octanol–water partition coefficient (Wildman–Crippen LogP) is 0.302. The number of carboxylic acid groups (broad SMARTS) is 1. The molecule has 0 radical (unpaired) electrons. The normalized spacial score (nSPS) is 11.1.